The van der Waals surface area contributed by atoms with E-state index in [1.807, 2.05) is 6.92 Å². The van der Waals surface area contributed by atoms with Crippen LogP contribution in [0.2, 0.25) is 0 Å². The van der Waals surface area contributed by atoms with Crippen molar-refractivity contribution in [1.82, 2.24) is 10.2 Å². The molecular weight excluding hydrogens is 252 g/mol. The van der Waals surface area contributed by atoms with Gasteiger partial charge in [0.2, 0.25) is 11.8 Å². The summed E-state index contributed by atoms with van der Waals surface area (Å²) in [5, 5.41) is 11.2. The molecule has 108 valence electrons. The molecule has 0 aromatic heterocycles. The van der Waals surface area contributed by atoms with Crippen LogP contribution >= 0.6 is 0 Å². The smallest absolute Gasteiger partial charge is 0.329 e. The fourth-order valence-corrected chi connectivity index (χ4v) is 2.03. The maximum atomic E-state index is 11.7. The highest BCUT2D eigenvalue weighted by Crippen LogP contribution is 2.17. The van der Waals surface area contributed by atoms with Gasteiger partial charge in [0.25, 0.3) is 0 Å². The summed E-state index contributed by atoms with van der Waals surface area (Å²) in [6.07, 6.45) is 1.27. The van der Waals surface area contributed by atoms with Crippen LogP contribution in [-0.4, -0.2) is 60.6 Å². The van der Waals surface area contributed by atoms with E-state index in [2.05, 4.69) is 5.32 Å². The fourth-order valence-electron chi connectivity index (χ4n) is 2.03. The Kier molecular flexibility index (Phi) is 6.27. The molecule has 0 spiro atoms. The fraction of sp³-hybridized carbons (Fsp3) is 0.750. The average Bonchev–Trinajstić information content (AvgIpc) is 2.38. The van der Waals surface area contributed by atoms with Crippen molar-refractivity contribution in [2.45, 2.75) is 19.8 Å². The van der Waals surface area contributed by atoms with Crippen molar-refractivity contribution in [3.63, 3.8) is 0 Å². The van der Waals surface area contributed by atoms with E-state index in [0.29, 0.717) is 32.5 Å². The molecule has 0 aromatic carbocycles. The Bertz CT molecular complexity index is 337. The summed E-state index contributed by atoms with van der Waals surface area (Å²) in [6.45, 7) is 2.81. The first-order valence-electron chi connectivity index (χ1n) is 6.39. The number of carbonyl (C=O) groups excluding carboxylic acids is 2. The first kappa shape index (κ1) is 15.4. The van der Waals surface area contributed by atoms with Crippen molar-refractivity contribution in [3.8, 4) is 0 Å². The van der Waals surface area contributed by atoms with E-state index in [4.69, 9.17) is 9.84 Å². The Morgan fingerprint density at radius 1 is 1.26 bits per heavy atom. The Morgan fingerprint density at radius 3 is 2.42 bits per heavy atom. The third kappa shape index (κ3) is 5.25. The molecule has 19 heavy (non-hydrogen) atoms. The number of piperidine rings is 1. The van der Waals surface area contributed by atoms with Gasteiger partial charge in [0, 0.05) is 25.6 Å². The van der Waals surface area contributed by atoms with Gasteiger partial charge >= 0.3 is 5.97 Å². The van der Waals surface area contributed by atoms with Gasteiger partial charge in [-0.3, -0.25) is 9.59 Å². The van der Waals surface area contributed by atoms with Crippen molar-refractivity contribution in [2.75, 3.05) is 32.8 Å². The summed E-state index contributed by atoms with van der Waals surface area (Å²) in [5.41, 5.74) is 0. The summed E-state index contributed by atoms with van der Waals surface area (Å²) < 4.78 is 4.75. The monoisotopic (exact) mass is 272 g/mol. The number of nitrogens with one attached hydrogen (secondary N) is 1. The minimum Gasteiger partial charge on any atom is -0.480 e. The normalized spacial score (nSPS) is 16.2. The zero-order valence-corrected chi connectivity index (χ0v) is 11.1. The number of carbonyl (C=O) groups is 3. The van der Waals surface area contributed by atoms with E-state index in [0.717, 1.165) is 0 Å². The third-order valence-electron chi connectivity index (χ3n) is 3.02. The van der Waals surface area contributed by atoms with Crippen LogP contribution in [0.3, 0.4) is 0 Å². The number of aliphatic carboxylic acids is 1. The van der Waals surface area contributed by atoms with E-state index < -0.39 is 12.6 Å². The minimum atomic E-state index is -1.09. The van der Waals surface area contributed by atoms with Crippen LogP contribution < -0.4 is 5.32 Å². The van der Waals surface area contributed by atoms with Crippen LogP contribution in [0.25, 0.3) is 0 Å². The molecule has 7 nitrogen and oxygen atoms in total. The molecular formula is C12H20N2O5. The molecule has 0 radical (unpaired) electrons. The molecule has 0 atom stereocenters. The second-order valence-corrected chi connectivity index (χ2v) is 4.44. The van der Waals surface area contributed by atoms with Crippen molar-refractivity contribution >= 4 is 17.8 Å². The molecule has 1 rings (SSSR count). The number of likely N-dealkylation sites (tertiary alicyclic amines) is 1. The van der Waals surface area contributed by atoms with Crippen LogP contribution in [0.15, 0.2) is 0 Å². The molecule has 0 unspecified atom stereocenters. The summed E-state index contributed by atoms with van der Waals surface area (Å²) >= 11 is 0. The number of carboxylic acid groups (broad SMARTS) is 1. The van der Waals surface area contributed by atoms with Gasteiger partial charge in [0.05, 0.1) is 0 Å². The third-order valence-corrected chi connectivity index (χ3v) is 3.02. The molecule has 0 aliphatic carbocycles. The molecule has 0 saturated carbocycles. The van der Waals surface area contributed by atoms with Crippen LogP contribution in [0.4, 0.5) is 0 Å². The van der Waals surface area contributed by atoms with Gasteiger partial charge in [-0.05, 0) is 19.8 Å². The molecule has 1 aliphatic rings. The standard InChI is InChI=1S/C12H20N2O5/c1-2-13-12(18)9-3-5-14(6-4-9)10(15)7-19-8-11(16)17/h9H,2-8H2,1H3,(H,13,18)(H,16,17). The molecule has 1 aliphatic heterocycles. The van der Waals surface area contributed by atoms with Gasteiger partial charge < -0.3 is 20.1 Å². The lowest BCUT2D eigenvalue weighted by Crippen LogP contribution is -2.44. The van der Waals surface area contributed by atoms with Crippen LogP contribution in [-0.2, 0) is 19.1 Å². The van der Waals surface area contributed by atoms with E-state index in [-0.39, 0.29) is 24.3 Å². The van der Waals surface area contributed by atoms with Crippen LogP contribution in [0.5, 0.6) is 0 Å². The highest BCUT2D eigenvalue weighted by atomic mass is 16.5. The maximum Gasteiger partial charge on any atom is 0.329 e. The summed E-state index contributed by atoms with van der Waals surface area (Å²) in [4.78, 5) is 35.2. The Labute approximate surface area is 111 Å². The Hall–Kier alpha value is -1.63. The molecule has 7 heteroatoms. The first-order chi connectivity index (χ1) is 9.04. The van der Waals surface area contributed by atoms with Gasteiger partial charge in [-0.2, -0.15) is 0 Å². The van der Waals surface area contributed by atoms with Gasteiger partial charge in [0.1, 0.15) is 13.2 Å². The van der Waals surface area contributed by atoms with Gasteiger partial charge in [-0.25, -0.2) is 4.79 Å². The summed E-state index contributed by atoms with van der Waals surface area (Å²) in [5.74, 6) is -1.32. The van der Waals surface area contributed by atoms with Gasteiger partial charge in [-0.1, -0.05) is 0 Å². The predicted octanol–water partition coefficient (Wildman–Crippen LogP) is -0.538. The molecule has 1 fully saturated rings. The molecule has 0 bridgehead atoms. The number of hydrogen-bond acceptors (Lipinski definition) is 4. The van der Waals surface area contributed by atoms with Crippen LogP contribution in [0, 0.1) is 5.92 Å². The highest BCUT2D eigenvalue weighted by Gasteiger charge is 2.26. The van der Waals surface area contributed by atoms with E-state index in [1.54, 1.807) is 4.90 Å². The molecule has 1 saturated heterocycles. The second-order valence-electron chi connectivity index (χ2n) is 4.44. The zero-order valence-electron chi connectivity index (χ0n) is 11.1. The Balaban J connectivity index is 2.27. The lowest BCUT2D eigenvalue weighted by molar-refractivity contribution is -0.147. The maximum absolute atomic E-state index is 11.7. The first-order valence-corrected chi connectivity index (χ1v) is 6.39. The highest BCUT2D eigenvalue weighted by molar-refractivity contribution is 5.80. The van der Waals surface area contributed by atoms with Crippen molar-refractivity contribution in [3.05, 3.63) is 0 Å². The molecule has 2 amide bonds. The summed E-state index contributed by atoms with van der Waals surface area (Å²) in [6, 6.07) is 0. The predicted molar refractivity (Wildman–Crippen MR) is 66.4 cm³/mol. The topological polar surface area (TPSA) is 95.9 Å². The van der Waals surface area contributed by atoms with Crippen molar-refractivity contribution in [2.24, 2.45) is 5.92 Å². The number of carboxylic acids is 1. The second kappa shape index (κ2) is 7.73. The SMILES string of the molecule is CCNC(=O)C1CCN(C(=O)COCC(=O)O)CC1. The van der Waals surface area contributed by atoms with Gasteiger partial charge in [-0.15, -0.1) is 0 Å². The largest absolute Gasteiger partial charge is 0.480 e. The average molecular weight is 272 g/mol. The Morgan fingerprint density at radius 2 is 1.89 bits per heavy atom. The minimum absolute atomic E-state index is 0.0380. The number of hydrogen-bond donors (Lipinski definition) is 2. The number of ether oxygens (including phenoxy) is 1. The van der Waals surface area contributed by atoms with Gasteiger partial charge in [0.15, 0.2) is 0 Å². The van der Waals surface area contributed by atoms with E-state index in [1.165, 1.54) is 0 Å². The van der Waals surface area contributed by atoms with E-state index in [9.17, 15) is 14.4 Å². The number of nitrogens with zero attached hydrogens (tertiary/aromatic N) is 1. The van der Waals surface area contributed by atoms with Crippen molar-refractivity contribution in [1.29, 1.82) is 0 Å². The van der Waals surface area contributed by atoms with E-state index >= 15 is 0 Å². The number of amides is 2. The van der Waals surface area contributed by atoms with Crippen molar-refractivity contribution < 1.29 is 24.2 Å². The zero-order chi connectivity index (χ0) is 14.3. The lowest BCUT2D eigenvalue weighted by atomic mass is 9.96. The molecule has 1 heterocycles. The number of rotatable bonds is 6. The lowest BCUT2D eigenvalue weighted by Gasteiger charge is -2.31. The quantitative estimate of drug-likeness (QED) is 0.677. The molecule has 0 aromatic rings. The molecule has 2 N–H and O–H groups in total. The van der Waals surface area contributed by atoms with Crippen LogP contribution in [0.1, 0.15) is 19.8 Å². The summed E-state index contributed by atoms with van der Waals surface area (Å²) in [7, 11) is 0.